The maximum absolute atomic E-state index is 5.66. The molecule has 0 bridgehead atoms. The van der Waals surface area contributed by atoms with Gasteiger partial charge in [-0.1, -0.05) is 36.4 Å². The van der Waals surface area contributed by atoms with Crippen molar-refractivity contribution in [3.8, 4) is 16.9 Å². The quantitative estimate of drug-likeness (QED) is 0.734. The normalized spacial score (nSPS) is 22.4. The average Bonchev–Trinajstić information content (AvgIpc) is 3.47. The molecule has 0 aromatic heterocycles. The summed E-state index contributed by atoms with van der Waals surface area (Å²) in [5.74, 6) is 0.903. The molecule has 0 aliphatic carbocycles. The van der Waals surface area contributed by atoms with Crippen LogP contribution in [-0.4, -0.2) is 32.0 Å². The van der Waals surface area contributed by atoms with Crippen molar-refractivity contribution < 1.29 is 14.2 Å². The van der Waals surface area contributed by atoms with Gasteiger partial charge in [0.2, 0.25) is 0 Å². The third-order valence-corrected chi connectivity index (χ3v) is 4.14. The molecule has 2 saturated heterocycles. The van der Waals surface area contributed by atoms with Crippen molar-refractivity contribution in [2.24, 2.45) is 0 Å². The zero-order valence-electron chi connectivity index (χ0n) is 12.5. The molecule has 2 aromatic carbocycles. The fraction of sp³-hybridized carbons (Fsp3) is 0.368. The molecular weight excluding hydrogens is 276 g/mol. The van der Waals surface area contributed by atoms with E-state index in [2.05, 4.69) is 36.4 Å². The molecule has 0 saturated carbocycles. The maximum atomic E-state index is 5.66. The minimum absolute atomic E-state index is 0.299. The Labute approximate surface area is 130 Å². The molecular formula is C19H20O3. The van der Waals surface area contributed by atoms with Gasteiger partial charge >= 0.3 is 0 Å². The zero-order chi connectivity index (χ0) is 14.8. The van der Waals surface area contributed by atoms with Gasteiger partial charge in [-0.2, -0.15) is 0 Å². The summed E-state index contributed by atoms with van der Waals surface area (Å²) in [6.45, 7) is 2.43. The van der Waals surface area contributed by atoms with E-state index in [1.807, 2.05) is 12.1 Å². The van der Waals surface area contributed by atoms with E-state index in [1.165, 1.54) is 16.7 Å². The van der Waals surface area contributed by atoms with Crippen LogP contribution in [0.3, 0.4) is 0 Å². The van der Waals surface area contributed by atoms with E-state index in [1.54, 1.807) is 0 Å². The third kappa shape index (κ3) is 3.67. The highest BCUT2D eigenvalue weighted by atomic mass is 16.6. The highest BCUT2D eigenvalue weighted by Crippen LogP contribution is 2.24. The molecule has 22 heavy (non-hydrogen) atoms. The number of rotatable bonds is 7. The highest BCUT2D eigenvalue weighted by molar-refractivity contribution is 5.64. The Balaban J connectivity index is 1.37. The van der Waals surface area contributed by atoms with Gasteiger partial charge in [0.05, 0.1) is 19.3 Å². The second-order valence-electron chi connectivity index (χ2n) is 5.98. The average molecular weight is 296 g/mol. The summed E-state index contributed by atoms with van der Waals surface area (Å²) in [6, 6.07) is 17.1. The van der Waals surface area contributed by atoms with E-state index in [9.17, 15) is 0 Å². The van der Waals surface area contributed by atoms with E-state index in [4.69, 9.17) is 14.2 Å². The van der Waals surface area contributed by atoms with Crippen molar-refractivity contribution in [3.63, 3.8) is 0 Å². The topological polar surface area (TPSA) is 34.3 Å². The molecule has 0 amide bonds. The van der Waals surface area contributed by atoms with E-state index >= 15 is 0 Å². The predicted molar refractivity (Wildman–Crippen MR) is 85.2 cm³/mol. The van der Waals surface area contributed by atoms with E-state index in [0.29, 0.717) is 18.8 Å². The molecule has 2 fully saturated rings. The molecule has 0 spiro atoms. The lowest BCUT2D eigenvalue weighted by atomic mass is 10.0. The smallest absolute Gasteiger partial charge is 0.119 e. The van der Waals surface area contributed by atoms with Crippen LogP contribution >= 0.6 is 0 Å². The molecule has 0 N–H and O–H groups in total. The van der Waals surface area contributed by atoms with Crippen molar-refractivity contribution in [2.45, 2.75) is 25.0 Å². The zero-order valence-corrected chi connectivity index (χ0v) is 12.5. The lowest BCUT2D eigenvalue weighted by Gasteiger charge is -2.07. The summed E-state index contributed by atoms with van der Waals surface area (Å²) in [4.78, 5) is 0. The first-order valence-electron chi connectivity index (χ1n) is 7.92. The first kappa shape index (κ1) is 13.8. The molecule has 2 aliphatic rings. The number of hydrogen-bond donors (Lipinski definition) is 0. The number of aryl methyl sites for hydroxylation is 1. The minimum atomic E-state index is 0.299. The van der Waals surface area contributed by atoms with Gasteiger partial charge in [-0.15, -0.1) is 0 Å². The van der Waals surface area contributed by atoms with E-state index in [0.717, 1.165) is 31.8 Å². The molecule has 2 unspecified atom stereocenters. The van der Waals surface area contributed by atoms with Gasteiger partial charge in [0.25, 0.3) is 0 Å². The van der Waals surface area contributed by atoms with Crippen LogP contribution in [0.4, 0.5) is 0 Å². The Morgan fingerprint density at radius 1 is 0.818 bits per heavy atom. The second kappa shape index (κ2) is 6.11. The van der Waals surface area contributed by atoms with Gasteiger partial charge in [0, 0.05) is 0 Å². The van der Waals surface area contributed by atoms with Crippen LogP contribution in [0.5, 0.6) is 5.75 Å². The van der Waals surface area contributed by atoms with Gasteiger partial charge in [-0.05, 0) is 41.7 Å². The summed E-state index contributed by atoms with van der Waals surface area (Å²) in [5.41, 5.74) is 3.83. The number of epoxide rings is 2. The van der Waals surface area contributed by atoms with E-state index in [-0.39, 0.29) is 0 Å². The summed E-state index contributed by atoms with van der Waals surface area (Å²) < 4.78 is 16.1. The Hall–Kier alpha value is -1.84. The summed E-state index contributed by atoms with van der Waals surface area (Å²) in [7, 11) is 0. The molecule has 3 nitrogen and oxygen atoms in total. The van der Waals surface area contributed by atoms with Crippen molar-refractivity contribution in [1.82, 2.24) is 0 Å². The number of hydrogen-bond acceptors (Lipinski definition) is 3. The molecule has 4 rings (SSSR count). The van der Waals surface area contributed by atoms with Gasteiger partial charge in [0.1, 0.15) is 18.5 Å². The third-order valence-electron chi connectivity index (χ3n) is 4.14. The lowest BCUT2D eigenvalue weighted by molar-refractivity contribution is 0.263. The first-order chi connectivity index (χ1) is 10.9. The molecule has 2 aliphatic heterocycles. The number of ether oxygens (including phenoxy) is 3. The van der Waals surface area contributed by atoms with Gasteiger partial charge in [-0.25, -0.2) is 0 Å². The molecule has 3 heteroatoms. The van der Waals surface area contributed by atoms with E-state index < -0.39 is 0 Å². The van der Waals surface area contributed by atoms with Crippen LogP contribution in [-0.2, 0) is 15.9 Å². The molecule has 2 heterocycles. The minimum Gasteiger partial charge on any atom is -0.491 e. The largest absolute Gasteiger partial charge is 0.491 e. The maximum Gasteiger partial charge on any atom is 0.119 e. The van der Waals surface area contributed by atoms with Crippen molar-refractivity contribution in [3.05, 3.63) is 54.1 Å². The summed E-state index contributed by atoms with van der Waals surface area (Å²) >= 11 is 0. The van der Waals surface area contributed by atoms with Crippen LogP contribution in [0, 0.1) is 0 Å². The Morgan fingerprint density at radius 3 is 2.00 bits per heavy atom. The standard InChI is InChI=1S/C19H20O3/c1-4-15(5-2-14(1)3-8-18-11-21-18)16-6-9-17(10-7-16)20-12-19-13-22-19/h1-2,4-7,9-10,18-19H,3,8,11-13H2. The summed E-state index contributed by atoms with van der Waals surface area (Å²) in [5, 5.41) is 0. The van der Waals surface area contributed by atoms with Crippen LogP contribution < -0.4 is 4.74 Å². The van der Waals surface area contributed by atoms with Crippen molar-refractivity contribution in [2.75, 3.05) is 19.8 Å². The van der Waals surface area contributed by atoms with Gasteiger partial charge < -0.3 is 14.2 Å². The molecule has 2 aromatic rings. The number of benzene rings is 2. The Morgan fingerprint density at radius 2 is 1.41 bits per heavy atom. The van der Waals surface area contributed by atoms with Crippen LogP contribution in [0.15, 0.2) is 48.5 Å². The monoisotopic (exact) mass is 296 g/mol. The fourth-order valence-electron chi connectivity index (χ4n) is 2.52. The van der Waals surface area contributed by atoms with Gasteiger partial charge in [-0.3, -0.25) is 0 Å². The van der Waals surface area contributed by atoms with Crippen molar-refractivity contribution in [1.29, 1.82) is 0 Å². The Kier molecular flexibility index (Phi) is 3.83. The van der Waals surface area contributed by atoms with Crippen molar-refractivity contribution >= 4 is 0 Å². The van der Waals surface area contributed by atoms with Gasteiger partial charge in [0.15, 0.2) is 0 Å². The molecule has 0 radical (unpaired) electrons. The van der Waals surface area contributed by atoms with Crippen LogP contribution in [0.2, 0.25) is 0 Å². The predicted octanol–water partition coefficient (Wildman–Crippen LogP) is 3.46. The molecule has 2 atom stereocenters. The second-order valence-corrected chi connectivity index (χ2v) is 5.98. The SMILES string of the molecule is c1cc(-c2ccc(OCC3CO3)cc2)ccc1CCC1CO1. The van der Waals surface area contributed by atoms with Crippen LogP contribution in [0.1, 0.15) is 12.0 Å². The lowest BCUT2D eigenvalue weighted by Crippen LogP contribution is -2.03. The highest BCUT2D eigenvalue weighted by Gasteiger charge is 2.23. The van der Waals surface area contributed by atoms with Crippen LogP contribution in [0.25, 0.3) is 11.1 Å². The first-order valence-corrected chi connectivity index (χ1v) is 7.92. The fourth-order valence-corrected chi connectivity index (χ4v) is 2.52. The summed E-state index contributed by atoms with van der Waals surface area (Å²) in [6.07, 6.45) is 3.04. The molecule has 114 valence electrons. The Bertz CT molecular complexity index is 553.